The molecule has 1 saturated heterocycles. The number of hydrogen-bond acceptors (Lipinski definition) is 3. The van der Waals surface area contributed by atoms with Crippen molar-refractivity contribution < 1.29 is 9.84 Å². The van der Waals surface area contributed by atoms with Crippen LogP contribution in [0.25, 0.3) is 0 Å². The Balaban J connectivity index is 2.25. The second-order valence-electron chi connectivity index (χ2n) is 2.59. The largest absolute Gasteiger partial charge is 0.376 e. The van der Waals surface area contributed by atoms with Gasteiger partial charge in [0.15, 0.2) is 0 Å². The maximum atomic E-state index is 9.30. The van der Waals surface area contributed by atoms with Gasteiger partial charge in [-0.3, -0.25) is 4.90 Å². The van der Waals surface area contributed by atoms with Gasteiger partial charge in [-0.05, 0) is 6.42 Å². The fraction of sp³-hybridized carbons (Fsp3) is 1.00. The number of rotatable bonds is 2. The van der Waals surface area contributed by atoms with Gasteiger partial charge in [-0.15, -0.1) is 0 Å². The zero-order valence-corrected chi connectivity index (χ0v) is 6.42. The predicted molar refractivity (Wildman–Crippen MR) is 38.7 cm³/mol. The zero-order chi connectivity index (χ0) is 7.40. The highest BCUT2D eigenvalue weighted by Gasteiger charge is 2.18. The molecule has 0 aromatic heterocycles. The second-order valence-corrected chi connectivity index (χ2v) is 2.59. The fourth-order valence-corrected chi connectivity index (χ4v) is 1.17. The molecule has 1 heterocycles. The highest BCUT2D eigenvalue weighted by atomic mass is 16.5. The van der Waals surface area contributed by atoms with E-state index in [1.54, 1.807) is 0 Å². The van der Waals surface area contributed by atoms with Crippen LogP contribution < -0.4 is 0 Å². The minimum absolute atomic E-state index is 0.367. The minimum Gasteiger partial charge on any atom is -0.376 e. The standard InChI is InChI=1S/C7H15NO2/c1-2-3-8-4-5-10-6-7(8)9/h7,9H,2-6H2,1H3. The number of hydrogen-bond donors (Lipinski definition) is 1. The zero-order valence-electron chi connectivity index (χ0n) is 6.42. The molecule has 0 aromatic rings. The average molecular weight is 145 g/mol. The molecule has 3 nitrogen and oxygen atoms in total. The molecule has 60 valence electrons. The highest BCUT2D eigenvalue weighted by Crippen LogP contribution is 2.03. The van der Waals surface area contributed by atoms with Crippen molar-refractivity contribution in [3.05, 3.63) is 0 Å². The lowest BCUT2D eigenvalue weighted by Crippen LogP contribution is -2.45. The van der Waals surface area contributed by atoms with Gasteiger partial charge in [0, 0.05) is 13.1 Å². The Morgan fingerprint density at radius 2 is 2.50 bits per heavy atom. The number of nitrogens with zero attached hydrogens (tertiary/aromatic N) is 1. The Kier molecular flexibility index (Phi) is 3.12. The molecule has 0 saturated carbocycles. The molecule has 0 spiro atoms. The smallest absolute Gasteiger partial charge is 0.131 e. The first kappa shape index (κ1) is 7.98. The predicted octanol–water partition coefficient (Wildman–Crippen LogP) is 0.0470. The molecular weight excluding hydrogens is 130 g/mol. The van der Waals surface area contributed by atoms with Gasteiger partial charge >= 0.3 is 0 Å². The fourth-order valence-electron chi connectivity index (χ4n) is 1.17. The van der Waals surface area contributed by atoms with E-state index >= 15 is 0 Å². The van der Waals surface area contributed by atoms with Crippen LogP contribution in [0.2, 0.25) is 0 Å². The first-order valence-corrected chi connectivity index (χ1v) is 3.84. The topological polar surface area (TPSA) is 32.7 Å². The molecule has 1 rings (SSSR count). The van der Waals surface area contributed by atoms with Crippen LogP contribution in [0, 0.1) is 0 Å². The maximum absolute atomic E-state index is 9.30. The lowest BCUT2D eigenvalue weighted by molar-refractivity contribution is -0.105. The third-order valence-electron chi connectivity index (χ3n) is 1.72. The van der Waals surface area contributed by atoms with Gasteiger partial charge in [0.25, 0.3) is 0 Å². The molecule has 1 atom stereocenters. The Morgan fingerprint density at radius 1 is 1.70 bits per heavy atom. The van der Waals surface area contributed by atoms with Crippen LogP contribution in [0.5, 0.6) is 0 Å². The van der Waals surface area contributed by atoms with E-state index in [0.29, 0.717) is 6.61 Å². The lowest BCUT2D eigenvalue weighted by Gasteiger charge is -2.31. The maximum Gasteiger partial charge on any atom is 0.131 e. The van der Waals surface area contributed by atoms with Gasteiger partial charge < -0.3 is 9.84 Å². The van der Waals surface area contributed by atoms with Crippen molar-refractivity contribution in [1.29, 1.82) is 0 Å². The first-order valence-electron chi connectivity index (χ1n) is 3.84. The van der Waals surface area contributed by atoms with Crippen LogP contribution in [0.4, 0.5) is 0 Å². The summed E-state index contributed by atoms with van der Waals surface area (Å²) >= 11 is 0. The summed E-state index contributed by atoms with van der Waals surface area (Å²) in [6.45, 7) is 5.19. The Labute approximate surface area is 61.6 Å². The van der Waals surface area contributed by atoms with E-state index in [0.717, 1.165) is 26.1 Å². The van der Waals surface area contributed by atoms with E-state index in [2.05, 4.69) is 6.92 Å². The van der Waals surface area contributed by atoms with Crippen molar-refractivity contribution in [2.45, 2.75) is 19.6 Å². The molecule has 0 amide bonds. The van der Waals surface area contributed by atoms with Crippen molar-refractivity contribution in [3.8, 4) is 0 Å². The summed E-state index contributed by atoms with van der Waals surface area (Å²) in [5.41, 5.74) is 0. The summed E-state index contributed by atoms with van der Waals surface area (Å²) in [5.74, 6) is 0. The van der Waals surface area contributed by atoms with Crippen molar-refractivity contribution in [1.82, 2.24) is 4.90 Å². The second kappa shape index (κ2) is 3.91. The van der Waals surface area contributed by atoms with Crippen LogP contribution in [0.1, 0.15) is 13.3 Å². The third-order valence-corrected chi connectivity index (χ3v) is 1.72. The normalized spacial score (nSPS) is 28.8. The molecule has 0 aromatic carbocycles. The van der Waals surface area contributed by atoms with Crippen LogP contribution in [-0.4, -0.2) is 42.5 Å². The van der Waals surface area contributed by atoms with E-state index < -0.39 is 0 Å². The number of aliphatic hydroxyl groups is 1. The Morgan fingerprint density at radius 3 is 3.10 bits per heavy atom. The van der Waals surface area contributed by atoms with Crippen molar-refractivity contribution >= 4 is 0 Å². The molecule has 0 bridgehead atoms. The van der Waals surface area contributed by atoms with Crippen LogP contribution in [0.15, 0.2) is 0 Å². The molecule has 3 heteroatoms. The third kappa shape index (κ3) is 1.94. The summed E-state index contributed by atoms with van der Waals surface area (Å²) in [4.78, 5) is 2.05. The van der Waals surface area contributed by atoms with Gasteiger partial charge in [0.1, 0.15) is 6.23 Å². The SMILES string of the molecule is CCCN1CCOCC1O. The summed E-state index contributed by atoms with van der Waals surface area (Å²) in [6, 6.07) is 0. The van der Waals surface area contributed by atoms with E-state index in [4.69, 9.17) is 4.74 Å². The Bertz CT molecular complexity index is 95.6. The average Bonchev–Trinajstić information content (AvgIpc) is 1.94. The molecule has 1 unspecified atom stereocenters. The van der Waals surface area contributed by atoms with E-state index in [1.165, 1.54) is 0 Å². The molecule has 1 aliphatic rings. The van der Waals surface area contributed by atoms with Crippen LogP contribution >= 0.6 is 0 Å². The van der Waals surface area contributed by atoms with Gasteiger partial charge in [-0.25, -0.2) is 0 Å². The molecule has 1 N–H and O–H groups in total. The van der Waals surface area contributed by atoms with Gasteiger partial charge in [-0.1, -0.05) is 6.92 Å². The molecule has 1 aliphatic heterocycles. The molecule has 0 aliphatic carbocycles. The van der Waals surface area contributed by atoms with Crippen LogP contribution in [0.3, 0.4) is 0 Å². The van der Waals surface area contributed by atoms with Crippen molar-refractivity contribution in [3.63, 3.8) is 0 Å². The van der Waals surface area contributed by atoms with Gasteiger partial charge in [-0.2, -0.15) is 0 Å². The van der Waals surface area contributed by atoms with Crippen molar-refractivity contribution in [2.75, 3.05) is 26.3 Å². The summed E-state index contributed by atoms with van der Waals surface area (Å²) in [7, 11) is 0. The summed E-state index contributed by atoms with van der Waals surface area (Å²) in [5, 5.41) is 9.30. The number of morpholine rings is 1. The Hall–Kier alpha value is -0.120. The summed E-state index contributed by atoms with van der Waals surface area (Å²) in [6.07, 6.45) is 0.727. The van der Waals surface area contributed by atoms with E-state index in [-0.39, 0.29) is 6.23 Å². The summed E-state index contributed by atoms with van der Waals surface area (Å²) < 4.78 is 5.07. The first-order chi connectivity index (χ1) is 4.84. The van der Waals surface area contributed by atoms with Gasteiger partial charge in [0.2, 0.25) is 0 Å². The lowest BCUT2D eigenvalue weighted by atomic mass is 10.3. The number of ether oxygens (including phenoxy) is 1. The van der Waals surface area contributed by atoms with Crippen LogP contribution in [-0.2, 0) is 4.74 Å². The highest BCUT2D eigenvalue weighted by molar-refractivity contribution is 4.64. The van der Waals surface area contributed by atoms with E-state index in [1.807, 2.05) is 4.90 Å². The molecule has 0 radical (unpaired) electrons. The minimum atomic E-state index is -0.367. The number of aliphatic hydroxyl groups excluding tert-OH is 1. The molecular formula is C7H15NO2. The molecule has 10 heavy (non-hydrogen) atoms. The molecule has 1 fully saturated rings. The van der Waals surface area contributed by atoms with Gasteiger partial charge in [0.05, 0.1) is 13.2 Å². The van der Waals surface area contributed by atoms with Crippen molar-refractivity contribution in [2.24, 2.45) is 0 Å². The van der Waals surface area contributed by atoms with E-state index in [9.17, 15) is 5.11 Å². The monoisotopic (exact) mass is 145 g/mol. The quantitative estimate of drug-likeness (QED) is 0.596.